The van der Waals surface area contributed by atoms with Gasteiger partial charge < -0.3 is 40.7 Å². The van der Waals surface area contributed by atoms with Gasteiger partial charge in [-0.25, -0.2) is 9.59 Å². The van der Waals surface area contributed by atoms with E-state index in [-0.39, 0.29) is 48.6 Å². The van der Waals surface area contributed by atoms with Crippen molar-refractivity contribution in [3.63, 3.8) is 0 Å². The number of carbonyl (C=O) groups is 5. The Bertz CT molecular complexity index is 2100. The SMILES string of the molecule is COc1cc(C(=O)N[C@@H]2CCN(C(=O)O)C2)ccc1-c1ccc(C[C@H](NC(=O)C2CCC(CNC(=O)OC(C)(C)C)CC2)C(=O)Nc2ccc(-c3nn[nH]n3)cc2)cc1. The van der Waals surface area contributed by atoms with Gasteiger partial charge in [-0.2, -0.15) is 5.21 Å². The number of aromatic nitrogens is 4. The normalized spacial score (nSPS) is 18.3. The van der Waals surface area contributed by atoms with Gasteiger partial charge in [-0.15, -0.1) is 10.2 Å². The summed E-state index contributed by atoms with van der Waals surface area (Å²) in [6.45, 7) is 6.51. The van der Waals surface area contributed by atoms with E-state index in [4.69, 9.17) is 9.47 Å². The second-order valence-corrected chi connectivity index (χ2v) is 16.0. The molecule has 6 rings (SSSR count). The van der Waals surface area contributed by atoms with Crippen LogP contribution < -0.4 is 26.0 Å². The molecule has 2 heterocycles. The van der Waals surface area contributed by atoms with Crippen molar-refractivity contribution in [2.45, 2.75) is 77.0 Å². The monoisotopic (exact) mass is 809 g/mol. The minimum atomic E-state index is -1.01. The van der Waals surface area contributed by atoms with E-state index in [0.29, 0.717) is 60.7 Å². The minimum Gasteiger partial charge on any atom is -0.496 e. The number of aromatic amines is 1. The van der Waals surface area contributed by atoms with Crippen LogP contribution in [0.5, 0.6) is 5.75 Å². The van der Waals surface area contributed by atoms with E-state index in [1.54, 1.807) is 42.5 Å². The molecular weight excluding hydrogens is 759 g/mol. The predicted octanol–water partition coefficient (Wildman–Crippen LogP) is 5.02. The molecule has 17 nitrogen and oxygen atoms in total. The number of alkyl carbamates (subject to hydrolysis) is 1. The standard InChI is InChI=1S/C42H51N9O8/c1-42(2,3)59-40(55)43-23-26-7-11-29(12-8-26)37(52)46-34(39(54)44-31-16-13-28(14-17-31)36-47-49-50-48-36)21-25-5-9-27(10-6-25)33-18-15-30(22-35(33)58-4)38(53)45-32-19-20-51(24-32)41(56)57/h5-6,9-10,13-18,22,26,29,32,34H,7-8,11-12,19-21,23-24H2,1-4H3,(H,43,55)(H,44,54)(H,45,53)(H,46,52)(H,56,57)(H,47,48,49,50)/t26?,29?,32-,34+/m1/s1. The molecule has 1 saturated heterocycles. The lowest BCUT2D eigenvalue weighted by Gasteiger charge is -2.29. The molecule has 0 bridgehead atoms. The number of rotatable bonds is 13. The van der Waals surface area contributed by atoms with Crippen molar-refractivity contribution in [2.24, 2.45) is 11.8 Å². The van der Waals surface area contributed by atoms with Gasteiger partial charge in [-0.3, -0.25) is 14.4 Å². The quantitative estimate of drug-likeness (QED) is 0.105. The molecule has 0 unspecified atom stereocenters. The molecular formula is C42H51N9O8. The van der Waals surface area contributed by atoms with Crippen LogP contribution in [0.25, 0.3) is 22.5 Å². The van der Waals surface area contributed by atoms with Gasteiger partial charge in [0.2, 0.25) is 17.6 Å². The Morgan fingerprint density at radius 3 is 2.27 bits per heavy atom. The Hall–Kier alpha value is -6.52. The molecule has 17 heteroatoms. The second-order valence-electron chi connectivity index (χ2n) is 16.0. The summed E-state index contributed by atoms with van der Waals surface area (Å²) in [6, 6.07) is 18.5. The largest absolute Gasteiger partial charge is 0.496 e. The summed E-state index contributed by atoms with van der Waals surface area (Å²) >= 11 is 0. The van der Waals surface area contributed by atoms with Crippen LogP contribution in [0, 0.1) is 11.8 Å². The van der Waals surface area contributed by atoms with Crippen LogP contribution in [0.1, 0.15) is 68.8 Å². The molecule has 4 aromatic rings. The number of carbonyl (C=O) groups excluding carboxylic acids is 4. The number of tetrazole rings is 1. The number of carboxylic acid groups (broad SMARTS) is 1. The summed E-state index contributed by atoms with van der Waals surface area (Å²) in [7, 11) is 1.52. The maximum atomic E-state index is 13.9. The third-order valence-corrected chi connectivity index (χ3v) is 10.5. The van der Waals surface area contributed by atoms with Crippen molar-refractivity contribution in [1.82, 2.24) is 41.5 Å². The van der Waals surface area contributed by atoms with E-state index in [9.17, 15) is 29.1 Å². The highest BCUT2D eigenvalue weighted by molar-refractivity contribution is 5.98. The Kier molecular flexibility index (Phi) is 13.4. The minimum absolute atomic E-state index is 0.200. The van der Waals surface area contributed by atoms with E-state index >= 15 is 0 Å². The van der Waals surface area contributed by atoms with Gasteiger partial charge in [-0.1, -0.05) is 24.3 Å². The van der Waals surface area contributed by atoms with Gasteiger partial charge in [0.05, 0.1) is 7.11 Å². The first kappa shape index (κ1) is 42.1. The first-order valence-corrected chi connectivity index (χ1v) is 19.7. The predicted molar refractivity (Wildman–Crippen MR) is 217 cm³/mol. The van der Waals surface area contributed by atoms with Crippen molar-refractivity contribution in [3.8, 4) is 28.3 Å². The summed E-state index contributed by atoms with van der Waals surface area (Å²) in [4.78, 5) is 65.3. The van der Waals surface area contributed by atoms with E-state index in [2.05, 4.69) is 41.9 Å². The van der Waals surface area contributed by atoms with Crippen molar-refractivity contribution < 1.29 is 38.6 Å². The lowest BCUT2D eigenvalue weighted by molar-refractivity contribution is -0.130. The van der Waals surface area contributed by atoms with Gasteiger partial charge >= 0.3 is 12.2 Å². The first-order valence-electron chi connectivity index (χ1n) is 19.7. The number of hydrogen-bond acceptors (Lipinski definition) is 10. The van der Waals surface area contributed by atoms with Gasteiger partial charge in [0, 0.05) is 60.4 Å². The van der Waals surface area contributed by atoms with Crippen molar-refractivity contribution >= 4 is 35.6 Å². The molecule has 0 radical (unpaired) electrons. The van der Waals surface area contributed by atoms with Crippen molar-refractivity contribution in [3.05, 3.63) is 77.9 Å². The number of nitrogens with zero attached hydrogens (tertiary/aromatic N) is 4. The number of ether oxygens (including phenoxy) is 2. The van der Waals surface area contributed by atoms with E-state index in [0.717, 1.165) is 29.5 Å². The third kappa shape index (κ3) is 11.5. The zero-order valence-electron chi connectivity index (χ0n) is 33.6. The van der Waals surface area contributed by atoms with Gasteiger partial charge in [0.25, 0.3) is 5.91 Å². The number of anilines is 1. The fraction of sp³-hybridized carbons (Fsp3) is 0.429. The Labute approximate surface area is 342 Å². The number of likely N-dealkylation sites (tertiary alicyclic amines) is 1. The second kappa shape index (κ2) is 18.8. The smallest absolute Gasteiger partial charge is 0.407 e. The topological polar surface area (TPSA) is 230 Å². The van der Waals surface area contributed by atoms with Crippen LogP contribution in [0.3, 0.4) is 0 Å². The number of nitrogens with one attached hydrogen (secondary N) is 5. The summed E-state index contributed by atoms with van der Waals surface area (Å²) in [6.07, 6.45) is 2.04. The van der Waals surface area contributed by atoms with Gasteiger partial charge in [-0.05, 0) is 118 Å². The Balaban J connectivity index is 1.11. The molecule has 0 spiro atoms. The molecule has 59 heavy (non-hydrogen) atoms. The maximum absolute atomic E-state index is 13.9. The molecule has 2 aliphatic rings. The number of amides is 5. The molecule has 312 valence electrons. The highest BCUT2D eigenvalue weighted by atomic mass is 16.6. The van der Waals surface area contributed by atoms with E-state index in [1.165, 1.54) is 12.0 Å². The van der Waals surface area contributed by atoms with Gasteiger partial charge in [0.15, 0.2) is 0 Å². The molecule has 2 fully saturated rings. The zero-order valence-corrected chi connectivity index (χ0v) is 33.6. The molecule has 2 atom stereocenters. The number of benzene rings is 3. The molecule has 1 aromatic heterocycles. The highest BCUT2D eigenvalue weighted by Crippen LogP contribution is 2.32. The summed E-state index contributed by atoms with van der Waals surface area (Å²) < 4.78 is 11.0. The van der Waals surface area contributed by atoms with Crippen LogP contribution in [0.15, 0.2) is 66.7 Å². The lowest BCUT2D eigenvalue weighted by atomic mass is 9.81. The molecule has 1 aliphatic heterocycles. The van der Waals surface area contributed by atoms with E-state index in [1.807, 2.05) is 45.0 Å². The summed E-state index contributed by atoms with van der Waals surface area (Å²) in [5.74, 6) is -0.0667. The first-order chi connectivity index (χ1) is 28.2. The number of hydrogen-bond donors (Lipinski definition) is 6. The van der Waals surface area contributed by atoms with Crippen LogP contribution in [0.4, 0.5) is 15.3 Å². The highest BCUT2D eigenvalue weighted by Gasteiger charge is 2.31. The molecule has 1 aliphatic carbocycles. The Morgan fingerprint density at radius 1 is 0.932 bits per heavy atom. The fourth-order valence-corrected chi connectivity index (χ4v) is 7.33. The summed E-state index contributed by atoms with van der Waals surface area (Å²) in [5.41, 5.74) is 3.41. The van der Waals surface area contributed by atoms with Crippen LogP contribution >= 0.6 is 0 Å². The fourth-order valence-electron chi connectivity index (χ4n) is 7.33. The van der Waals surface area contributed by atoms with Crippen molar-refractivity contribution in [2.75, 3.05) is 32.1 Å². The molecule has 3 aromatic carbocycles. The average molecular weight is 810 g/mol. The van der Waals surface area contributed by atoms with Crippen LogP contribution in [-0.2, 0) is 20.7 Å². The average Bonchev–Trinajstić information content (AvgIpc) is 3.93. The summed E-state index contributed by atoms with van der Waals surface area (Å²) in [5, 5.41) is 35.0. The van der Waals surface area contributed by atoms with E-state index < -0.39 is 23.8 Å². The van der Waals surface area contributed by atoms with Crippen molar-refractivity contribution in [1.29, 1.82) is 0 Å². The maximum Gasteiger partial charge on any atom is 0.407 e. The van der Waals surface area contributed by atoms with Gasteiger partial charge in [0.1, 0.15) is 17.4 Å². The van der Waals surface area contributed by atoms with Crippen LogP contribution in [0.2, 0.25) is 0 Å². The lowest BCUT2D eigenvalue weighted by Crippen LogP contribution is -2.48. The molecule has 6 N–H and O–H groups in total. The zero-order chi connectivity index (χ0) is 42.1. The van der Waals surface area contributed by atoms with Crippen LogP contribution in [-0.4, -0.2) is 105 Å². The number of H-pyrrole nitrogens is 1. The molecule has 5 amide bonds. The third-order valence-electron chi connectivity index (χ3n) is 10.5. The Morgan fingerprint density at radius 2 is 1.64 bits per heavy atom. The number of methoxy groups -OCH3 is 1. The molecule has 1 saturated carbocycles.